The van der Waals surface area contributed by atoms with Crippen molar-refractivity contribution in [3.63, 3.8) is 0 Å². The van der Waals surface area contributed by atoms with Crippen LogP contribution in [0.3, 0.4) is 0 Å². The van der Waals surface area contributed by atoms with Crippen molar-refractivity contribution >= 4 is 27.5 Å². The average molecular weight is 316 g/mol. The SMILES string of the molecule is Clc1ccc(Br)cc1CN1C[C@H]2CNC[C@H]2C1. The van der Waals surface area contributed by atoms with Crippen molar-refractivity contribution in [3.8, 4) is 0 Å². The van der Waals surface area contributed by atoms with Gasteiger partial charge in [-0.1, -0.05) is 27.5 Å². The molecule has 0 bridgehead atoms. The van der Waals surface area contributed by atoms with Crippen LogP contribution in [0, 0.1) is 11.8 Å². The van der Waals surface area contributed by atoms with Crippen LogP contribution >= 0.6 is 27.5 Å². The summed E-state index contributed by atoms with van der Waals surface area (Å²) in [6, 6.07) is 6.10. The van der Waals surface area contributed by atoms with Crippen molar-refractivity contribution in [3.05, 3.63) is 33.3 Å². The van der Waals surface area contributed by atoms with Crippen molar-refractivity contribution in [1.82, 2.24) is 10.2 Å². The number of benzene rings is 1. The summed E-state index contributed by atoms with van der Waals surface area (Å²) in [7, 11) is 0. The number of likely N-dealkylation sites (tertiary alicyclic amines) is 1. The second-order valence-electron chi connectivity index (χ2n) is 5.11. The molecule has 2 atom stereocenters. The van der Waals surface area contributed by atoms with Crippen LogP contribution in [0.2, 0.25) is 5.02 Å². The Labute approximate surface area is 115 Å². The Balaban J connectivity index is 1.69. The van der Waals surface area contributed by atoms with Crippen LogP contribution in [-0.2, 0) is 6.54 Å². The van der Waals surface area contributed by atoms with Gasteiger partial charge in [0.15, 0.2) is 0 Å². The fourth-order valence-electron chi connectivity index (χ4n) is 2.99. The predicted molar refractivity (Wildman–Crippen MR) is 74.3 cm³/mol. The molecule has 1 aromatic carbocycles. The van der Waals surface area contributed by atoms with E-state index in [1.807, 2.05) is 12.1 Å². The van der Waals surface area contributed by atoms with E-state index < -0.39 is 0 Å². The Morgan fingerprint density at radius 3 is 2.71 bits per heavy atom. The Morgan fingerprint density at radius 1 is 1.29 bits per heavy atom. The predicted octanol–water partition coefficient (Wildman–Crippen LogP) is 2.75. The minimum Gasteiger partial charge on any atom is -0.316 e. The lowest BCUT2D eigenvalue weighted by Crippen LogP contribution is -2.25. The van der Waals surface area contributed by atoms with Gasteiger partial charge in [-0.25, -0.2) is 0 Å². The zero-order chi connectivity index (χ0) is 11.8. The smallest absolute Gasteiger partial charge is 0.0451 e. The first-order chi connectivity index (χ1) is 8.22. The summed E-state index contributed by atoms with van der Waals surface area (Å²) in [4.78, 5) is 2.53. The summed E-state index contributed by atoms with van der Waals surface area (Å²) in [6.07, 6.45) is 0. The maximum Gasteiger partial charge on any atom is 0.0451 e. The number of hydrogen-bond donors (Lipinski definition) is 1. The van der Waals surface area contributed by atoms with Crippen molar-refractivity contribution < 1.29 is 0 Å². The van der Waals surface area contributed by atoms with Crippen molar-refractivity contribution in [1.29, 1.82) is 0 Å². The molecule has 0 unspecified atom stereocenters. The van der Waals surface area contributed by atoms with E-state index in [9.17, 15) is 0 Å². The molecule has 4 heteroatoms. The van der Waals surface area contributed by atoms with Gasteiger partial charge >= 0.3 is 0 Å². The molecule has 0 radical (unpaired) electrons. The quantitative estimate of drug-likeness (QED) is 0.903. The van der Waals surface area contributed by atoms with Crippen LogP contribution in [0.1, 0.15) is 5.56 Å². The molecule has 2 nitrogen and oxygen atoms in total. The Kier molecular flexibility index (Phi) is 3.44. The Bertz CT molecular complexity index is 412. The monoisotopic (exact) mass is 314 g/mol. The van der Waals surface area contributed by atoms with E-state index in [0.29, 0.717) is 0 Å². The third-order valence-electron chi connectivity index (χ3n) is 3.87. The summed E-state index contributed by atoms with van der Waals surface area (Å²) < 4.78 is 1.11. The molecule has 0 aliphatic carbocycles. The minimum atomic E-state index is 0.848. The van der Waals surface area contributed by atoms with Gasteiger partial charge < -0.3 is 5.32 Å². The molecule has 1 N–H and O–H groups in total. The molecule has 17 heavy (non-hydrogen) atoms. The van der Waals surface area contributed by atoms with Gasteiger partial charge in [0, 0.05) is 29.1 Å². The van der Waals surface area contributed by atoms with Crippen molar-refractivity contribution in [2.24, 2.45) is 11.8 Å². The molecular formula is C13H16BrClN2. The molecule has 0 saturated carbocycles. The van der Waals surface area contributed by atoms with Crippen LogP contribution < -0.4 is 5.32 Å². The van der Waals surface area contributed by atoms with Crippen LogP contribution in [0.5, 0.6) is 0 Å². The molecule has 2 saturated heterocycles. The molecule has 1 aromatic rings. The summed E-state index contributed by atoms with van der Waals surface area (Å²) >= 11 is 9.74. The lowest BCUT2D eigenvalue weighted by atomic mass is 10.0. The van der Waals surface area contributed by atoms with Gasteiger partial charge in [0.05, 0.1) is 0 Å². The van der Waals surface area contributed by atoms with Crippen molar-refractivity contribution in [2.45, 2.75) is 6.54 Å². The summed E-state index contributed by atoms with van der Waals surface area (Å²) in [6.45, 7) is 5.77. The van der Waals surface area contributed by atoms with Crippen LogP contribution in [0.4, 0.5) is 0 Å². The maximum atomic E-state index is 6.24. The van der Waals surface area contributed by atoms with E-state index in [4.69, 9.17) is 11.6 Å². The lowest BCUT2D eigenvalue weighted by molar-refractivity contribution is 0.305. The highest BCUT2D eigenvalue weighted by Gasteiger charge is 2.35. The van der Waals surface area contributed by atoms with Gasteiger partial charge in [-0.15, -0.1) is 0 Å². The second kappa shape index (κ2) is 4.88. The zero-order valence-corrected chi connectivity index (χ0v) is 12.0. The molecule has 0 spiro atoms. The fraction of sp³-hybridized carbons (Fsp3) is 0.538. The van der Waals surface area contributed by atoms with E-state index in [1.54, 1.807) is 0 Å². The van der Waals surface area contributed by atoms with Gasteiger partial charge in [0.2, 0.25) is 0 Å². The van der Waals surface area contributed by atoms with Crippen LogP contribution in [-0.4, -0.2) is 31.1 Å². The number of fused-ring (bicyclic) bond motifs is 1. The molecule has 2 aliphatic heterocycles. The topological polar surface area (TPSA) is 15.3 Å². The molecule has 2 aliphatic rings. The first kappa shape index (κ1) is 12.0. The van der Waals surface area contributed by atoms with E-state index in [2.05, 4.69) is 32.2 Å². The number of nitrogens with one attached hydrogen (secondary N) is 1. The standard InChI is InChI=1S/C13H16BrClN2/c14-12-1-2-13(15)9(3-12)6-17-7-10-4-16-5-11(10)8-17/h1-3,10-11,16H,4-8H2/t10-,11+. The van der Waals surface area contributed by atoms with Gasteiger partial charge in [0.1, 0.15) is 0 Å². The molecule has 92 valence electrons. The van der Waals surface area contributed by atoms with Gasteiger partial charge in [0.25, 0.3) is 0 Å². The van der Waals surface area contributed by atoms with E-state index in [1.165, 1.54) is 31.7 Å². The molecule has 0 aromatic heterocycles. The molecule has 0 amide bonds. The number of hydrogen-bond acceptors (Lipinski definition) is 2. The second-order valence-corrected chi connectivity index (χ2v) is 6.43. The maximum absolute atomic E-state index is 6.24. The highest BCUT2D eigenvalue weighted by molar-refractivity contribution is 9.10. The molecule has 2 fully saturated rings. The van der Waals surface area contributed by atoms with Gasteiger partial charge in [-0.2, -0.15) is 0 Å². The lowest BCUT2D eigenvalue weighted by Gasteiger charge is -2.18. The van der Waals surface area contributed by atoms with Gasteiger partial charge in [-0.3, -0.25) is 4.90 Å². The largest absolute Gasteiger partial charge is 0.316 e. The fourth-order valence-corrected chi connectivity index (χ4v) is 3.57. The minimum absolute atomic E-state index is 0.848. The summed E-state index contributed by atoms with van der Waals surface area (Å²) in [5.41, 5.74) is 1.23. The third kappa shape index (κ3) is 2.53. The molecule has 2 heterocycles. The summed E-state index contributed by atoms with van der Waals surface area (Å²) in [5, 5.41) is 4.35. The zero-order valence-electron chi connectivity index (χ0n) is 9.63. The molecule has 3 rings (SSSR count). The van der Waals surface area contributed by atoms with Crippen LogP contribution in [0.15, 0.2) is 22.7 Å². The van der Waals surface area contributed by atoms with Gasteiger partial charge in [-0.05, 0) is 48.7 Å². The normalized spacial score (nSPS) is 28.6. The Morgan fingerprint density at radius 2 is 2.00 bits per heavy atom. The Hall–Kier alpha value is -0.0900. The summed E-state index contributed by atoms with van der Waals surface area (Å²) in [5.74, 6) is 1.70. The number of rotatable bonds is 2. The van der Waals surface area contributed by atoms with E-state index in [0.717, 1.165) is 27.9 Å². The first-order valence-electron chi connectivity index (χ1n) is 6.09. The highest BCUT2D eigenvalue weighted by Crippen LogP contribution is 2.29. The molecular weight excluding hydrogens is 300 g/mol. The average Bonchev–Trinajstić information content (AvgIpc) is 2.83. The van der Waals surface area contributed by atoms with E-state index in [-0.39, 0.29) is 0 Å². The van der Waals surface area contributed by atoms with Crippen molar-refractivity contribution in [2.75, 3.05) is 26.2 Å². The van der Waals surface area contributed by atoms with Crippen LogP contribution in [0.25, 0.3) is 0 Å². The van der Waals surface area contributed by atoms with E-state index >= 15 is 0 Å². The number of halogens is 2. The number of nitrogens with zero attached hydrogens (tertiary/aromatic N) is 1. The third-order valence-corrected chi connectivity index (χ3v) is 4.73. The first-order valence-corrected chi connectivity index (χ1v) is 7.26. The highest BCUT2D eigenvalue weighted by atomic mass is 79.9.